The van der Waals surface area contributed by atoms with Crippen LogP contribution < -0.4 is 0 Å². The van der Waals surface area contributed by atoms with Crippen molar-refractivity contribution >= 4 is 21.8 Å². The van der Waals surface area contributed by atoms with Crippen LogP contribution in [0, 0.1) is 35.0 Å². The van der Waals surface area contributed by atoms with E-state index in [1.807, 2.05) is 0 Å². The minimum absolute atomic E-state index is 0.0870. The summed E-state index contributed by atoms with van der Waals surface area (Å²) in [4.78, 5) is 13.2. The van der Waals surface area contributed by atoms with Crippen molar-refractivity contribution in [3.8, 4) is 0 Å². The van der Waals surface area contributed by atoms with Crippen molar-refractivity contribution in [3.63, 3.8) is 0 Å². The summed E-state index contributed by atoms with van der Waals surface area (Å²) in [6.45, 7) is 0.436. The minimum atomic E-state index is -2.27. The Labute approximate surface area is 126 Å². The molecule has 2 rings (SSSR count). The molecule has 0 saturated carbocycles. The molecule has 1 atom stereocenters. The highest BCUT2D eigenvalue weighted by Crippen LogP contribution is 2.26. The van der Waals surface area contributed by atoms with E-state index in [0.29, 0.717) is 11.8 Å². The van der Waals surface area contributed by atoms with Gasteiger partial charge in [0.1, 0.15) is 5.56 Å². The van der Waals surface area contributed by atoms with Crippen LogP contribution in [0.5, 0.6) is 0 Å². The number of carbonyl (C=O) groups excluding carboxylic acids is 1. The molecule has 0 radical (unpaired) electrons. The van der Waals surface area contributed by atoms with Crippen LogP contribution >= 0.6 is 15.9 Å². The maximum atomic E-state index is 13.6. The molecule has 1 amide bonds. The Bertz CT molecular complexity index is 551. The van der Waals surface area contributed by atoms with Gasteiger partial charge in [0.05, 0.1) is 0 Å². The standard InChI is InChI=1S/C13H11BrF5NO/c14-4-6-2-1-3-20(5-6)13(21)7-8(15)10(17)12(19)11(18)9(7)16/h6H,1-5H2. The van der Waals surface area contributed by atoms with Crippen molar-refractivity contribution in [2.75, 3.05) is 18.4 Å². The number of halogens is 6. The molecule has 0 bridgehead atoms. The van der Waals surface area contributed by atoms with Crippen LogP contribution in [-0.4, -0.2) is 29.2 Å². The number of hydrogen-bond acceptors (Lipinski definition) is 1. The maximum Gasteiger partial charge on any atom is 0.260 e. The van der Waals surface area contributed by atoms with Gasteiger partial charge in [0.2, 0.25) is 5.82 Å². The first kappa shape index (κ1) is 16.2. The zero-order chi connectivity index (χ0) is 15.7. The Hall–Kier alpha value is -1.18. The summed E-state index contributed by atoms with van der Waals surface area (Å²) in [7, 11) is 0. The van der Waals surface area contributed by atoms with Gasteiger partial charge >= 0.3 is 0 Å². The van der Waals surface area contributed by atoms with Crippen LogP contribution in [0.25, 0.3) is 0 Å². The SMILES string of the molecule is O=C(c1c(F)c(F)c(F)c(F)c1F)N1CCCC(CBr)C1. The summed E-state index contributed by atoms with van der Waals surface area (Å²) in [5.41, 5.74) is -1.39. The Kier molecular flexibility index (Phi) is 4.85. The average molecular weight is 372 g/mol. The number of rotatable bonds is 2. The van der Waals surface area contributed by atoms with Crippen LogP contribution in [0.15, 0.2) is 0 Å². The van der Waals surface area contributed by atoms with Crippen molar-refractivity contribution in [2.24, 2.45) is 5.92 Å². The topological polar surface area (TPSA) is 20.3 Å². The van der Waals surface area contributed by atoms with Crippen LogP contribution in [0.3, 0.4) is 0 Å². The van der Waals surface area contributed by atoms with Gasteiger partial charge in [0, 0.05) is 18.4 Å². The Balaban J connectivity index is 2.40. The molecule has 2 nitrogen and oxygen atoms in total. The smallest absolute Gasteiger partial charge is 0.260 e. The predicted octanol–water partition coefficient (Wildman–Crippen LogP) is 3.63. The fraction of sp³-hybridized carbons (Fsp3) is 0.462. The molecule has 1 aromatic carbocycles. The highest BCUT2D eigenvalue weighted by molar-refractivity contribution is 9.09. The van der Waals surface area contributed by atoms with Crippen LogP contribution in [0.1, 0.15) is 23.2 Å². The summed E-state index contributed by atoms with van der Waals surface area (Å²) in [5, 5.41) is 0.591. The molecule has 116 valence electrons. The quantitative estimate of drug-likeness (QED) is 0.336. The van der Waals surface area contributed by atoms with E-state index >= 15 is 0 Å². The number of hydrogen-bond donors (Lipinski definition) is 0. The van der Waals surface area contributed by atoms with E-state index in [9.17, 15) is 26.7 Å². The third kappa shape index (κ3) is 2.90. The zero-order valence-corrected chi connectivity index (χ0v) is 12.3. The lowest BCUT2D eigenvalue weighted by Gasteiger charge is -2.32. The molecule has 0 aromatic heterocycles. The van der Waals surface area contributed by atoms with Gasteiger partial charge < -0.3 is 4.90 Å². The predicted molar refractivity (Wildman–Crippen MR) is 68.7 cm³/mol. The number of carbonyl (C=O) groups is 1. The van der Waals surface area contributed by atoms with E-state index in [4.69, 9.17) is 0 Å². The van der Waals surface area contributed by atoms with Gasteiger partial charge in [0.25, 0.3) is 5.91 Å². The summed E-state index contributed by atoms with van der Waals surface area (Å²) in [6, 6.07) is 0. The van der Waals surface area contributed by atoms with Gasteiger partial charge in [-0.3, -0.25) is 4.79 Å². The number of alkyl halides is 1. The molecular weight excluding hydrogens is 361 g/mol. The van der Waals surface area contributed by atoms with Gasteiger partial charge in [-0.1, -0.05) is 15.9 Å². The molecule has 0 aliphatic carbocycles. The van der Waals surface area contributed by atoms with Gasteiger partial charge in [-0.05, 0) is 18.8 Å². The number of benzene rings is 1. The van der Waals surface area contributed by atoms with Crippen LogP contribution in [0.4, 0.5) is 22.0 Å². The van der Waals surface area contributed by atoms with Gasteiger partial charge in [-0.25, -0.2) is 22.0 Å². The molecule has 1 heterocycles. The minimum Gasteiger partial charge on any atom is -0.338 e. The second-order valence-electron chi connectivity index (χ2n) is 4.86. The Morgan fingerprint density at radius 1 is 1.05 bits per heavy atom. The molecule has 1 saturated heterocycles. The highest BCUT2D eigenvalue weighted by Gasteiger charge is 2.33. The van der Waals surface area contributed by atoms with E-state index < -0.39 is 40.6 Å². The van der Waals surface area contributed by atoms with Crippen LogP contribution in [0.2, 0.25) is 0 Å². The molecule has 1 aliphatic heterocycles. The maximum absolute atomic E-state index is 13.6. The third-order valence-electron chi connectivity index (χ3n) is 3.45. The van der Waals surface area contributed by atoms with Crippen LogP contribution in [-0.2, 0) is 0 Å². The first-order chi connectivity index (χ1) is 9.88. The molecule has 1 aromatic rings. The van der Waals surface area contributed by atoms with E-state index in [-0.39, 0.29) is 19.0 Å². The Morgan fingerprint density at radius 2 is 1.57 bits per heavy atom. The number of piperidine rings is 1. The number of amides is 1. The van der Waals surface area contributed by atoms with Crippen molar-refractivity contribution in [1.29, 1.82) is 0 Å². The second kappa shape index (κ2) is 6.29. The van der Waals surface area contributed by atoms with Crippen molar-refractivity contribution in [1.82, 2.24) is 4.90 Å². The molecule has 0 spiro atoms. The van der Waals surface area contributed by atoms with Crippen molar-refractivity contribution in [2.45, 2.75) is 12.8 Å². The molecule has 1 fully saturated rings. The zero-order valence-electron chi connectivity index (χ0n) is 10.7. The van der Waals surface area contributed by atoms with Gasteiger partial charge in [0.15, 0.2) is 23.3 Å². The molecule has 8 heteroatoms. The molecular formula is C13H11BrF5NO. The summed E-state index contributed by atoms with van der Waals surface area (Å²) < 4.78 is 66.4. The monoisotopic (exact) mass is 371 g/mol. The second-order valence-corrected chi connectivity index (χ2v) is 5.51. The lowest BCUT2D eigenvalue weighted by molar-refractivity contribution is 0.0672. The molecule has 1 aliphatic rings. The van der Waals surface area contributed by atoms with E-state index in [2.05, 4.69) is 15.9 Å². The molecule has 21 heavy (non-hydrogen) atoms. The fourth-order valence-electron chi connectivity index (χ4n) is 2.33. The summed E-state index contributed by atoms with van der Waals surface area (Å²) in [5.74, 6) is -11.7. The lowest BCUT2D eigenvalue weighted by atomic mass is 9.99. The largest absolute Gasteiger partial charge is 0.338 e. The van der Waals surface area contributed by atoms with Gasteiger partial charge in [-0.15, -0.1) is 0 Å². The first-order valence-electron chi connectivity index (χ1n) is 6.25. The fourth-order valence-corrected chi connectivity index (χ4v) is 2.85. The molecule has 1 unspecified atom stereocenters. The number of likely N-dealkylation sites (tertiary alicyclic amines) is 1. The van der Waals surface area contributed by atoms with Crippen molar-refractivity contribution < 1.29 is 26.7 Å². The summed E-state index contributed by atoms with van der Waals surface area (Å²) >= 11 is 3.25. The third-order valence-corrected chi connectivity index (χ3v) is 4.36. The van der Waals surface area contributed by atoms with E-state index in [1.54, 1.807) is 0 Å². The summed E-state index contributed by atoms with van der Waals surface area (Å²) in [6.07, 6.45) is 1.43. The average Bonchev–Trinajstić information content (AvgIpc) is 2.51. The normalized spacial score (nSPS) is 19.0. The van der Waals surface area contributed by atoms with Crippen molar-refractivity contribution in [3.05, 3.63) is 34.6 Å². The Morgan fingerprint density at radius 3 is 2.10 bits per heavy atom. The van der Waals surface area contributed by atoms with Gasteiger partial charge in [-0.2, -0.15) is 0 Å². The highest BCUT2D eigenvalue weighted by atomic mass is 79.9. The van der Waals surface area contributed by atoms with E-state index in [1.165, 1.54) is 0 Å². The first-order valence-corrected chi connectivity index (χ1v) is 7.37. The molecule has 0 N–H and O–H groups in total. The lowest BCUT2D eigenvalue weighted by Crippen LogP contribution is -2.41. The van der Waals surface area contributed by atoms with E-state index in [0.717, 1.165) is 11.3 Å². The number of nitrogens with zero attached hydrogens (tertiary/aromatic N) is 1.